The first kappa shape index (κ1) is 28.4. The number of ether oxygens (including phenoxy) is 1. The van der Waals surface area contributed by atoms with E-state index in [0.717, 1.165) is 22.8 Å². The van der Waals surface area contributed by atoms with E-state index in [0.29, 0.717) is 29.2 Å². The molecule has 3 aromatic rings. The number of anilines is 1. The Balaban J connectivity index is 1.52. The monoisotopic (exact) mass is 551 g/mol. The van der Waals surface area contributed by atoms with Crippen molar-refractivity contribution in [1.29, 1.82) is 0 Å². The molecule has 4 rings (SSSR count). The van der Waals surface area contributed by atoms with Crippen LogP contribution in [0.5, 0.6) is 5.75 Å². The number of carbonyl (C=O) groups excluding carboxylic acids is 2. The van der Waals surface area contributed by atoms with Crippen molar-refractivity contribution >= 4 is 38.3 Å². The van der Waals surface area contributed by atoms with Crippen molar-refractivity contribution in [1.82, 2.24) is 10.2 Å². The van der Waals surface area contributed by atoms with Crippen molar-refractivity contribution in [2.24, 2.45) is 0 Å². The van der Waals surface area contributed by atoms with Gasteiger partial charge in [0, 0.05) is 30.9 Å². The van der Waals surface area contributed by atoms with Crippen molar-refractivity contribution in [2.75, 3.05) is 18.0 Å². The molecule has 0 saturated carbocycles. The summed E-state index contributed by atoms with van der Waals surface area (Å²) >= 11 is 0. The molecule has 1 aliphatic heterocycles. The molecule has 0 bridgehead atoms. The highest BCUT2D eigenvalue weighted by atomic mass is 32.2. The summed E-state index contributed by atoms with van der Waals surface area (Å²) in [6.07, 6.45) is 1.68. The lowest BCUT2D eigenvalue weighted by atomic mass is 10.1. The van der Waals surface area contributed by atoms with Crippen LogP contribution in [0.25, 0.3) is 10.8 Å². The van der Waals surface area contributed by atoms with Crippen molar-refractivity contribution in [3.8, 4) is 5.75 Å². The van der Waals surface area contributed by atoms with Crippen LogP contribution in [0.15, 0.2) is 65.6 Å². The maximum atomic E-state index is 13.6. The van der Waals surface area contributed by atoms with Crippen LogP contribution < -0.4 is 14.4 Å². The number of nitrogens with one attached hydrogen (secondary N) is 1. The topological polar surface area (TPSA) is 96.0 Å². The second-order valence-electron chi connectivity index (χ2n) is 9.92. The zero-order valence-corrected chi connectivity index (χ0v) is 23.8. The van der Waals surface area contributed by atoms with Crippen LogP contribution in [0.4, 0.5) is 5.69 Å². The molecular formula is C30H37N3O5S. The van der Waals surface area contributed by atoms with E-state index < -0.39 is 16.1 Å². The van der Waals surface area contributed by atoms with Crippen molar-refractivity contribution in [3.05, 3.63) is 66.2 Å². The van der Waals surface area contributed by atoms with E-state index in [1.165, 1.54) is 4.31 Å². The van der Waals surface area contributed by atoms with Gasteiger partial charge >= 0.3 is 0 Å². The summed E-state index contributed by atoms with van der Waals surface area (Å²) in [5.41, 5.74) is 1.52. The quantitative estimate of drug-likeness (QED) is 0.347. The van der Waals surface area contributed by atoms with Crippen molar-refractivity contribution in [3.63, 3.8) is 0 Å². The molecule has 0 spiro atoms. The number of hydrogen-bond donors (Lipinski definition) is 1. The van der Waals surface area contributed by atoms with Crippen LogP contribution in [-0.2, 0) is 26.2 Å². The summed E-state index contributed by atoms with van der Waals surface area (Å²) in [4.78, 5) is 28.7. The number of hydrogen-bond acceptors (Lipinski definition) is 5. The van der Waals surface area contributed by atoms with Crippen LogP contribution in [0.1, 0.15) is 52.0 Å². The molecule has 0 aliphatic carbocycles. The second-order valence-corrected chi connectivity index (χ2v) is 11.8. The molecule has 0 saturated heterocycles. The predicted molar refractivity (Wildman–Crippen MR) is 153 cm³/mol. The number of carbonyl (C=O) groups is 2. The highest BCUT2D eigenvalue weighted by Gasteiger charge is 2.35. The third-order valence-electron chi connectivity index (χ3n) is 7.33. The fourth-order valence-corrected chi connectivity index (χ4v) is 6.75. The molecule has 2 amide bonds. The summed E-state index contributed by atoms with van der Waals surface area (Å²) in [5, 5.41) is 4.61. The molecule has 3 aromatic carbocycles. The lowest BCUT2D eigenvalue weighted by Crippen LogP contribution is -2.50. The van der Waals surface area contributed by atoms with E-state index in [9.17, 15) is 18.0 Å². The molecule has 2 atom stereocenters. The van der Waals surface area contributed by atoms with E-state index in [-0.39, 0.29) is 37.4 Å². The molecule has 208 valence electrons. The number of sulfonamides is 1. The van der Waals surface area contributed by atoms with Gasteiger partial charge in [-0.15, -0.1) is 0 Å². The van der Waals surface area contributed by atoms with Crippen LogP contribution >= 0.6 is 0 Å². The van der Waals surface area contributed by atoms with Gasteiger partial charge in [-0.25, -0.2) is 8.42 Å². The van der Waals surface area contributed by atoms with E-state index in [4.69, 9.17) is 4.74 Å². The molecule has 0 unspecified atom stereocenters. The summed E-state index contributed by atoms with van der Waals surface area (Å²) in [6, 6.07) is 17.6. The van der Waals surface area contributed by atoms with Gasteiger partial charge in [0.05, 0.1) is 17.7 Å². The highest BCUT2D eigenvalue weighted by Crippen LogP contribution is 2.42. The summed E-state index contributed by atoms with van der Waals surface area (Å²) in [6.45, 7) is 6.27. The molecule has 1 aliphatic rings. The number of benzene rings is 3. The molecule has 1 N–H and O–H groups in total. The standard InChI is InChI=1S/C30H37N3O5S/c1-5-21(3)31-30(35)25(6-2)32(20-22-15-17-24(38-4)18-16-22)28(34)14-9-19-33-26-12-7-10-23-11-8-13-27(29(23)26)39(33,36)37/h7-8,10-13,15-18,21,25H,5-6,9,14,19-20H2,1-4H3,(H,31,35)/t21-,25-/m1/s1. The summed E-state index contributed by atoms with van der Waals surface area (Å²) in [7, 11) is -2.10. The Labute approximate surface area is 231 Å². The third kappa shape index (κ3) is 5.88. The first-order valence-corrected chi connectivity index (χ1v) is 14.9. The van der Waals surface area contributed by atoms with Gasteiger partial charge in [-0.3, -0.25) is 13.9 Å². The minimum atomic E-state index is -3.69. The number of amides is 2. The fraction of sp³-hybridized carbons (Fsp3) is 0.400. The normalized spacial score (nSPS) is 15.1. The van der Waals surface area contributed by atoms with Crippen molar-refractivity contribution in [2.45, 2.75) is 70.0 Å². The Hall–Kier alpha value is -3.59. The average Bonchev–Trinajstić information content (AvgIpc) is 3.16. The smallest absolute Gasteiger partial charge is 0.265 e. The van der Waals surface area contributed by atoms with Gasteiger partial charge in [-0.1, -0.05) is 50.2 Å². The first-order chi connectivity index (χ1) is 18.7. The van der Waals surface area contributed by atoms with Gasteiger partial charge in [-0.05, 0) is 61.4 Å². The first-order valence-electron chi connectivity index (χ1n) is 13.5. The van der Waals surface area contributed by atoms with Gasteiger partial charge in [-0.2, -0.15) is 0 Å². The summed E-state index contributed by atoms with van der Waals surface area (Å²) in [5.74, 6) is 0.336. The molecule has 0 radical (unpaired) electrons. The minimum Gasteiger partial charge on any atom is -0.497 e. The predicted octanol–water partition coefficient (Wildman–Crippen LogP) is 4.86. The lowest BCUT2D eigenvalue weighted by molar-refractivity contribution is -0.141. The number of rotatable bonds is 12. The molecule has 0 fully saturated rings. The van der Waals surface area contributed by atoms with Crippen LogP contribution in [0.2, 0.25) is 0 Å². The Morgan fingerprint density at radius 1 is 1.00 bits per heavy atom. The SMILES string of the molecule is CC[C@@H](C)NC(=O)[C@@H](CC)N(Cc1ccc(OC)cc1)C(=O)CCCN1c2cccc3cccc(c23)S1(=O)=O. The van der Waals surface area contributed by atoms with E-state index in [1.807, 2.05) is 63.2 Å². The van der Waals surface area contributed by atoms with Gasteiger partial charge in [0.15, 0.2) is 0 Å². The Morgan fingerprint density at radius 3 is 2.33 bits per heavy atom. The second kappa shape index (κ2) is 12.1. The Kier molecular flexibility index (Phi) is 8.80. The molecule has 8 nitrogen and oxygen atoms in total. The highest BCUT2D eigenvalue weighted by molar-refractivity contribution is 7.93. The largest absolute Gasteiger partial charge is 0.497 e. The minimum absolute atomic E-state index is 0.00537. The maximum Gasteiger partial charge on any atom is 0.265 e. The van der Waals surface area contributed by atoms with E-state index in [2.05, 4.69) is 5.32 Å². The zero-order valence-electron chi connectivity index (χ0n) is 23.0. The average molecular weight is 552 g/mol. The molecule has 0 aromatic heterocycles. The van der Waals surface area contributed by atoms with Gasteiger partial charge < -0.3 is 15.0 Å². The van der Waals surface area contributed by atoms with Gasteiger partial charge in [0.1, 0.15) is 11.8 Å². The Bertz CT molecular complexity index is 1430. The van der Waals surface area contributed by atoms with Crippen LogP contribution in [-0.4, -0.2) is 50.9 Å². The molecular weight excluding hydrogens is 514 g/mol. The number of methoxy groups -OCH3 is 1. The fourth-order valence-electron chi connectivity index (χ4n) is 5.00. The maximum absolute atomic E-state index is 13.6. The third-order valence-corrected chi connectivity index (χ3v) is 9.19. The summed E-state index contributed by atoms with van der Waals surface area (Å²) < 4.78 is 33.3. The molecule has 39 heavy (non-hydrogen) atoms. The number of nitrogens with zero attached hydrogens (tertiary/aromatic N) is 2. The van der Waals surface area contributed by atoms with Crippen LogP contribution in [0.3, 0.4) is 0 Å². The zero-order chi connectivity index (χ0) is 28.2. The van der Waals surface area contributed by atoms with E-state index in [1.54, 1.807) is 30.2 Å². The van der Waals surface area contributed by atoms with Crippen LogP contribution in [0, 0.1) is 0 Å². The lowest BCUT2D eigenvalue weighted by Gasteiger charge is -2.32. The van der Waals surface area contributed by atoms with Crippen molar-refractivity contribution < 1.29 is 22.7 Å². The molecule has 1 heterocycles. The Morgan fingerprint density at radius 2 is 1.69 bits per heavy atom. The van der Waals surface area contributed by atoms with Gasteiger partial charge in [0.2, 0.25) is 11.8 Å². The van der Waals surface area contributed by atoms with Gasteiger partial charge in [0.25, 0.3) is 10.0 Å². The molecule has 9 heteroatoms. The van der Waals surface area contributed by atoms with E-state index >= 15 is 0 Å².